The van der Waals surface area contributed by atoms with Crippen molar-refractivity contribution in [2.24, 2.45) is 0 Å². The number of rotatable bonds is 6. The van der Waals surface area contributed by atoms with Crippen LogP contribution in [0.2, 0.25) is 0 Å². The summed E-state index contributed by atoms with van der Waals surface area (Å²) < 4.78 is 18.3. The van der Waals surface area contributed by atoms with E-state index in [1.807, 2.05) is 14.0 Å². The van der Waals surface area contributed by atoms with Gasteiger partial charge in [0.15, 0.2) is 0 Å². The van der Waals surface area contributed by atoms with E-state index in [9.17, 15) is 4.39 Å². The summed E-state index contributed by atoms with van der Waals surface area (Å²) in [5, 5.41) is 0. The minimum atomic E-state index is -0.248. The van der Waals surface area contributed by atoms with E-state index in [-0.39, 0.29) is 5.82 Å². The Bertz CT molecular complexity index is 331. The minimum Gasteiger partial charge on any atom is -0.398 e. The summed E-state index contributed by atoms with van der Waals surface area (Å²) in [5.74, 6) is -0.248. The predicted octanol–water partition coefficient (Wildman–Crippen LogP) is 1.88. The van der Waals surface area contributed by atoms with Crippen LogP contribution in [0.25, 0.3) is 0 Å². The lowest BCUT2D eigenvalue weighted by molar-refractivity contribution is 0.120. The molecule has 0 saturated heterocycles. The number of hydrogen-bond acceptors (Lipinski definition) is 3. The lowest BCUT2D eigenvalue weighted by Gasteiger charge is -2.17. The molecule has 0 fully saturated rings. The fraction of sp³-hybridized carbons (Fsp3) is 0.500. The van der Waals surface area contributed by atoms with Crippen LogP contribution in [-0.2, 0) is 11.3 Å². The molecular weight excluding hydrogens is 207 g/mol. The van der Waals surface area contributed by atoms with Gasteiger partial charge in [0.2, 0.25) is 0 Å². The number of hydrogen-bond donors (Lipinski definition) is 1. The molecule has 1 rings (SSSR count). The molecule has 90 valence electrons. The van der Waals surface area contributed by atoms with Gasteiger partial charge in [0.1, 0.15) is 5.82 Å². The topological polar surface area (TPSA) is 38.5 Å². The van der Waals surface area contributed by atoms with E-state index in [0.717, 1.165) is 18.7 Å². The molecule has 0 aromatic heterocycles. The van der Waals surface area contributed by atoms with Crippen LogP contribution in [0.1, 0.15) is 12.5 Å². The van der Waals surface area contributed by atoms with Crippen molar-refractivity contribution in [3.05, 3.63) is 29.6 Å². The first-order chi connectivity index (χ1) is 7.63. The highest BCUT2D eigenvalue weighted by Gasteiger charge is 2.05. The molecule has 3 nitrogen and oxygen atoms in total. The second-order valence-electron chi connectivity index (χ2n) is 3.78. The number of ether oxygens (including phenoxy) is 1. The number of likely N-dealkylation sites (N-methyl/N-ethyl adjacent to an activating group) is 1. The first kappa shape index (κ1) is 12.9. The maximum absolute atomic E-state index is 13.0. The smallest absolute Gasteiger partial charge is 0.123 e. The lowest BCUT2D eigenvalue weighted by atomic mass is 10.1. The van der Waals surface area contributed by atoms with Gasteiger partial charge in [-0.05, 0) is 37.7 Å². The molecule has 0 radical (unpaired) electrons. The van der Waals surface area contributed by atoms with Crippen molar-refractivity contribution < 1.29 is 9.13 Å². The van der Waals surface area contributed by atoms with Gasteiger partial charge in [0, 0.05) is 25.4 Å². The standard InChI is InChI=1S/C12H19FN2O/c1-3-16-7-6-15(2)9-10-8-11(13)4-5-12(10)14/h4-5,8H,3,6-7,9,14H2,1-2H3. The normalized spacial score (nSPS) is 11.0. The third kappa shape index (κ3) is 4.16. The van der Waals surface area contributed by atoms with Crippen molar-refractivity contribution in [3.63, 3.8) is 0 Å². The molecule has 1 aromatic rings. The lowest BCUT2D eigenvalue weighted by Crippen LogP contribution is -2.23. The monoisotopic (exact) mass is 226 g/mol. The molecule has 16 heavy (non-hydrogen) atoms. The van der Waals surface area contributed by atoms with Crippen LogP contribution in [-0.4, -0.2) is 31.7 Å². The molecule has 2 N–H and O–H groups in total. The number of nitrogen functional groups attached to an aromatic ring is 1. The zero-order chi connectivity index (χ0) is 12.0. The fourth-order valence-electron chi connectivity index (χ4n) is 1.45. The quantitative estimate of drug-likeness (QED) is 0.594. The maximum atomic E-state index is 13.0. The maximum Gasteiger partial charge on any atom is 0.123 e. The number of nitrogens with zero attached hydrogens (tertiary/aromatic N) is 1. The molecule has 0 aliphatic rings. The average molecular weight is 226 g/mol. The molecule has 0 unspecified atom stereocenters. The molecule has 0 aliphatic heterocycles. The zero-order valence-corrected chi connectivity index (χ0v) is 9.87. The van der Waals surface area contributed by atoms with Crippen molar-refractivity contribution in [2.75, 3.05) is 32.5 Å². The number of benzene rings is 1. The molecule has 0 bridgehead atoms. The summed E-state index contributed by atoms with van der Waals surface area (Å²) in [6.07, 6.45) is 0. The summed E-state index contributed by atoms with van der Waals surface area (Å²) in [4.78, 5) is 2.06. The zero-order valence-electron chi connectivity index (χ0n) is 9.87. The van der Waals surface area contributed by atoms with Gasteiger partial charge in [-0.25, -0.2) is 4.39 Å². The Morgan fingerprint density at radius 2 is 2.19 bits per heavy atom. The Morgan fingerprint density at radius 3 is 2.88 bits per heavy atom. The summed E-state index contributed by atoms with van der Waals surface area (Å²) >= 11 is 0. The molecule has 0 saturated carbocycles. The highest BCUT2D eigenvalue weighted by atomic mass is 19.1. The Labute approximate surface area is 96.0 Å². The third-order valence-corrected chi connectivity index (χ3v) is 2.37. The van der Waals surface area contributed by atoms with Gasteiger partial charge in [-0.15, -0.1) is 0 Å². The Balaban J connectivity index is 2.48. The van der Waals surface area contributed by atoms with Gasteiger partial charge in [-0.3, -0.25) is 4.90 Å². The summed E-state index contributed by atoms with van der Waals surface area (Å²) in [6.45, 7) is 4.81. The molecule has 0 amide bonds. The SMILES string of the molecule is CCOCCN(C)Cc1cc(F)ccc1N. The molecule has 4 heteroatoms. The summed E-state index contributed by atoms with van der Waals surface area (Å²) in [5.41, 5.74) is 7.22. The van der Waals surface area contributed by atoms with Gasteiger partial charge in [0.25, 0.3) is 0 Å². The van der Waals surface area contributed by atoms with Crippen LogP contribution in [0.15, 0.2) is 18.2 Å². The molecular formula is C12H19FN2O. The van der Waals surface area contributed by atoms with Crippen LogP contribution in [0.3, 0.4) is 0 Å². The third-order valence-electron chi connectivity index (χ3n) is 2.37. The Hall–Kier alpha value is -1.13. The average Bonchev–Trinajstić information content (AvgIpc) is 2.24. The van der Waals surface area contributed by atoms with E-state index in [2.05, 4.69) is 4.90 Å². The molecule has 0 spiro atoms. The highest BCUT2D eigenvalue weighted by molar-refractivity contribution is 5.46. The van der Waals surface area contributed by atoms with E-state index in [4.69, 9.17) is 10.5 Å². The van der Waals surface area contributed by atoms with Crippen LogP contribution < -0.4 is 5.73 Å². The van der Waals surface area contributed by atoms with Gasteiger partial charge in [-0.2, -0.15) is 0 Å². The summed E-state index contributed by atoms with van der Waals surface area (Å²) in [7, 11) is 1.96. The second kappa shape index (κ2) is 6.45. The summed E-state index contributed by atoms with van der Waals surface area (Å²) in [6, 6.07) is 4.45. The number of anilines is 1. The van der Waals surface area contributed by atoms with Crippen LogP contribution in [0, 0.1) is 5.82 Å². The van der Waals surface area contributed by atoms with Crippen molar-refractivity contribution >= 4 is 5.69 Å². The van der Waals surface area contributed by atoms with E-state index < -0.39 is 0 Å². The molecule has 0 aliphatic carbocycles. The fourth-order valence-corrected chi connectivity index (χ4v) is 1.45. The second-order valence-corrected chi connectivity index (χ2v) is 3.78. The van der Waals surface area contributed by atoms with E-state index in [1.54, 1.807) is 6.07 Å². The van der Waals surface area contributed by atoms with Crippen molar-refractivity contribution in [3.8, 4) is 0 Å². The van der Waals surface area contributed by atoms with E-state index >= 15 is 0 Å². The van der Waals surface area contributed by atoms with Gasteiger partial charge >= 0.3 is 0 Å². The van der Waals surface area contributed by atoms with Gasteiger partial charge < -0.3 is 10.5 Å². The minimum absolute atomic E-state index is 0.248. The van der Waals surface area contributed by atoms with Crippen molar-refractivity contribution in [2.45, 2.75) is 13.5 Å². The molecule has 1 aromatic carbocycles. The predicted molar refractivity (Wildman–Crippen MR) is 63.6 cm³/mol. The van der Waals surface area contributed by atoms with Gasteiger partial charge in [0.05, 0.1) is 6.61 Å². The van der Waals surface area contributed by atoms with E-state index in [1.165, 1.54) is 12.1 Å². The Kier molecular flexibility index (Phi) is 5.22. The molecule has 0 atom stereocenters. The van der Waals surface area contributed by atoms with Gasteiger partial charge in [-0.1, -0.05) is 0 Å². The highest BCUT2D eigenvalue weighted by Crippen LogP contribution is 2.14. The van der Waals surface area contributed by atoms with E-state index in [0.29, 0.717) is 18.8 Å². The van der Waals surface area contributed by atoms with Crippen molar-refractivity contribution in [1.82, 2.24) is 4.90 Å². The molecule has 0 heterocycles. The first-order valence-electron chi connectivity index (χ1n) is 5.43. The van der Waals surface area contributed by atoms with Crippen LogP contribution in [0.4, 0.5) is 10.1 Å². The number of nitrogens with two attached hydrogens (primary N) is 1. The largest absolute Gasteiger partial charge is 0.398 e. The van der Waals surface area contributed by atoms with Crippen LogP contribution >= 0.6 is 0 Å². The van der Waals surface area contributed by atoms with Crippen molar-refractivity contribution in [1.29, 1.82) is 0 Å². The Morgan fingerprint density at radius 1 is 1.44 bits per heavy atom. The number of halogens is 1. The first-order valence-corrected chi connectivity index (χ1v) is 5.43. The van der Waals surface area contributed by atoms with Crippen LogP contribution in [0.5, 0.6) is 0 Å².